The fraction of sp³-hybridized carbons (Fsp3) is 0.278. The SMILES string of the molecule is CCC(C)Oc1ccc(OC=C(C)NOc2ccccn2)cc1. The summed E-state index contributed by atoms with van der Waals surface area (Å²) in [6.45, 7) is 5.98. The summed E-state index contributed by atoms with van der Waals surface area (Å²) in [5.41, 5.74) is 3.48. The Hall–Kier alpha value is -2.69. The molecule has 122 valence electrons. The quantitative estimate of drug-likeness (QED) is 0.587. The first-order valence-electron chi connectivity index (χ1n) is 7.61. The molecule has 5 nitrogen and oxygen atoms in total. The lowest BCUT2D eigenvalue weighted by Crippen LogP contribution is -2.17. The topological polar surface area (TPSA) is 52.6 Å². The van der Waals surface area contributed by atoms with Crippen LogP contribution in [0.5, 0.6) is 17.4 Å². The lowest BCUT2D eigenvalue weighted by molar-refractivity contribution is 0.215. The first-order chi connectivity index (χ1) is 11.2. The van der Waals surface area contributed by atoms with Crippen LogP contribution in [0.4, 0.5) is 0 Å². The van der Waals surface area contributed by atoms with Crippen molar-refractivity contribution in [1.29, 1.82) is 0 Å². The second kappa shape index (κ2) is 8.68. The summed E-state index contributed by atoms with van der Waals surface area (Å²) in [6, 6.07) is 12.9. The molecule has 0 aliphatic rings. The van der Waals surface area contributed by atoms with Crippen LogP contribution in [0.1, 0.15) is 27.2 Å². The Morgan fingerprint density at radius 1 is 1.17 bits per heavy atom. The molecule has 1 unspecified atom stereocenters. The minimum atomic E-state index is 0.205. The lowest BCUT2D eigenvalue weighted by atomic mass is 10.3. The molecule has 1 aromatic carbocycles. The van der Waals surface area contributed by atoms with Crippen molar-refractivity contribution in [2.24, 2.45) is 0 Å². The van der Waals surface area contributed by atoms with E-state index in [-0.39, 0.29) is 6.10 Å². The van der Waals surface area contributed by atoms with Gasteiger partial charge < -0.3 is 14.3 Å². The van der Waals surface area contributed by atoms with Crippen LogP contribution in [0.25, 0.3) is 0 Å². The van der Waals surface area contributed by atoms with Crippen molar-refractivity contribution in [3.63, 3.8) is 0 Å². The Kier molecular flexibility index (Phi) is 6.29. The van der Waals surface area contributed by atoms with E-state index in [1.54, 1.807) is 18.5 Å². The molecule has 1 heterocycles. The molecule has 2 aromatic rings. The van der Waals surface area contributed by atoms with Gasteiger partial charge in [0, 0.05) is 12.3 Å². The van der Waals surface area contributed by atoms with Crippen molar-refractivity contribution < 1.29 is 14.3 Å². The number of pyridine rings is 1. The molecule has 0 fully saturated rings. The average molecular weight is 314 g/mol. The fourth-order valence-corrected chi connectivity index (χ4v) is 1.63. The molecule has 0 aliphatic heterocycles. The van der Waals surface area contributed by atoms with Crippen LogP contribution in [-0.2, 0) is 0 Å². The predicted octanol–water partition coefficient (Wildman–Crippen LogP) is 4.08. The van der Waals surface area contributed by atoms with E-state index in [9.17, 15) is 0 Å². The number of benzene rings is 1. The van der Waals surface area contributed by atoms with Crippen LogP contribution in [0.3, 0.4) is 0 Å². The van der Waals surface area contributed by atoms with Gasteiger partial charge in [-0.25, -0.2) is 10.5 Å². The normalized spacial score (nSPS) is 12.4. The van der Waals surface area contributed by atoms with E-state index in [2.05, 4.69) is 17.4 Å². The van der Waals surface area contributed by atoms with Gasteiger partial charge in [0.05, 0.1) is 11.8 Å². The maximum absolute atomic E-state index is 5.72. The van der Waals surface area contributed by atoms with E-state index < -0.39 is 0 Å². The molecule has 1 aromatic heterocycles. The van der Waals surface area contributed by atoms with E-state index in [1.165, 1.54) is 0 Å². The van der Waals surface area contributed by atoms with Gasteiger partial charge >= 0.3 is 0 Å². The number of hydroxylamine groups is 1. The van der Waals surface area contributed by atoms with Crippen molar-refractivity contribution in [3.8, 4) is 17.4 Å². The number of aromatic nitrogens is 1. The summed E-state index contributed by atoms with van der Waals surface area (Å²) in [7, 11) is 0. The molecule has 5 heteroatoms. The van der Waals surface area contributed by atoms with Gasteiger partial charge in [-0.2, -0.15) is 0 Å². The molecule has 0 aliphatic carbocycles. The highest BCUT2D eigenvalue weighted by Crippen LogP contribution is 2.19. The number of hydrogen-bond donors (Lipinski definition) is 1. The average Bonchev–Trinajstić information content (AvgIpc) is 2.60. The largest absolute Gasteiger partial charge is 0.491 e. The molecule has 0 saturated carbocycles. The molecule has 1 atom stereocenters. The van der Waals surface area contributed by atoms with Gasteiger partial charge in [0.15, 0.2) is 0 Å². The summed E-state index contributed by atoms with van der Waals surface area (Å²) in [6.07, 6.45) is 4.42. The van der Waals surface area contributed by atoms with Crippen LogP contribution in [0.2, 0.25) is 0 Å². The highest BCUT2D eigenvalue weighted by atomic mass is 16.7. The van der Waals surface area contributed by atoms with Crippen molar-refractivity contribution in [3.05, 3.63) is 60.6 Å². The Bertz CT molecular complexity index is 612. The number of allylic oxidation sites excluding steroid dienone is 1. The fourth-order valence-electron chi connectivity index (χ4n) is 1.63. The van der Waals surface area contributed by atoms with E-state index in [4.69, 9.17) is 14.3 Å². The van der Waals surface area contributed by atoms with Crippen molar-refractivity contribution >= 4 is 0 Å². The zero-order valence-electron chi connectivity index (χ0n) is 13.7. The Morgan fingerprint density at radius 3 is 2.57 bits per heavy atom. The zero-order chi connectivity index (χ0) is 16.5. The first-order valence-corrected chi connectivity index (χ1v) is 7.61. The molecule has 0 bridgehead atoms. The molecule has 2 rings (SSSR count). The molecule has 1 N–H and O–H groups in total. The van der Waals surface area contributed by atoms with Gasteiger partial charge in [0.1, 0.15) is 17.8 Å². The van der Waals surface area contributed by atoms with Crippen molar-refractivity contribution in [1.82, 2.24) is 10.5 Å². The monoisotopic (exact) mass is 314 g/mol. The van der Waals surface area contributed by atoms with Crippen molar-refractivity contribution in [2.45, 2.75) is 33.3 Å². The standard InChI is InChI=1S/C18H22N2O3/c1-4-15(3)22-17-10-8-16(9-11-17)21-13-14(2)20-23-18-7-5-6-12-19-18/h5-13,15,20H,4H2,1-3H3. The van der Waals surface area contributed by atoms with E-state index in [1.807, 2.05) is 50.2 Å². The van der Waals surface area contributed by atoms with Gasteiger partial charge in [-0.15, -0.1) is 0 Å². The molecule has 23 heavy (non-hydrogen) atoms. The molecule has 0 spiro atoms. The van der Waals surface area contributed by atoms with Crippen molar-refractivity contribution in [2.75, 3.05) is 0 Å². The lowest BCUT2D eigenvalue weighted by Gasteiger charge is -2.12. The van der Waals surface area contributed by atoms with E-state index in [0.717, 1.165) is 23.6 Å². The summed E-state index contributed by atoms with van der Waals surface area (Å²) < 4.78 is 11.3. The number of nitrogens with one attached hydrogen (secondary N) is 1. The Labute approximate surface area is 136 Å². The Morgan fingerprint density at radius 2 is 1.91 bits per heavy atom. The molecule has 0 amide bonds. The maximum Gasteiger partial charge on any atom is 0.245 e. The number of rotatable bonds is 8. The number of nitrogens with zero attached hydrogens (tertiary/aromatic N) is 1. The highest BCUT2D eigenvalue weighted by molar-refractivity contribution is 5.31. The zero-order valence-corrected chi connectivity index (χ0v) is 13.7. The minimum absolute atomic E-state index is 0.205. The molecular weight excluding hydrogens is 292 g/mol. The van der Waals surface area contributed by atoms with Crippen LogP contribution in [-0.4, -0.2) is 11.1 Å². The van der Waals surface area contributed by atoms with Gasteiger partial charge in [-0.05, 0) is 50.6 Å². The first kappa shape index (κ1) is 16.7. The van der Waals surface area contributed by atoms with Crippen LogP contribution in [0, 0.1) is 0 Å². The van der Waals surface area contributed by atoms with E-state index in [0.29, 0.717) is 5.88 Å². The third-order valence-electron chi connectivity index (χ3n) is 3.06. The smallest absolute Gasteiger partial charge is 0.245 e. The minimum Gasteiger partial charge on any atom is -0.491 e. The number of hydrogen-bond acceptors (Lipinski definition) is 5. The summed E-state index contributed by atoms with van der Waals surface area (Å²) in [5, 5.41) is 0. The summed E-state index contributed by atoms with van der Waals surface area (Å²) >= 11 is 0. The van der Waals surface area contributed by atoms with Crippen LogP contribution < -0.4 is 19.8 Å². The number of ether oxygens (including phenoxy) is 2. The van der Waals surface area contributed by atoms with Gasteiger partial charge in [-0.3, -0.25) is 0 Å². The molecule has 0 saturated heterocycles. The third kappa shape index (κ3) is 5.90. The molecule has 0 radical (unpaired) electrons. The van der Waals surface area contributed by atoms with E-state index >= 15 is 0 Å². The van der Waals surface area contributed by atoms with Gasteiger partial charge in [0.25, 0.3) is 0 Å². The maximum atomic E-state index is 5.72. The van der Waals surface area contributed by atoms with Crippen LogP contribution >= 0.6 is 0 Å². The predicted molar refractivity (Wildman–Crippen MR) is 89.2 cm³/mol. The third-order valence-corrected chi connectivity index (χ3v) is 3.06. The Balaban J connectivity index is 1.81. The second-order valence-electron chi connectivity index (χ2n) is 5.10. The van der Waals surface area contributed by atoms with Gasteiger partial charge in [-0.1, -0.05) is 13.0 Å². The summed E-state index contributed by atoms with van der Waals surface area (Å²) in [5.74, 6) is 2.05. The van der Waals surface area contributed by atoms with Gasteiger partial charge in [0.2, 0.25) is 5.88 Å². The second-order valence-corrected chi connectivity index (χ2v) is 5.10. The highest BCUT2D eigenvalue weighted by Gasteiger charge is 2.01. The van der Waals surface area contributed by atoms with Crippen LogP contribution in [0.15, 0.2) is 60.6 Å². The molecular formula is C18H22N2O3. The summed E-state index contributed by atoms with van der Waals surface area (Å²) in [4.78, 5) is 9.34.